The van der Waals surface area contributed by atoms with Crippen LogP contribution in [0.5, 0.6) is 0 Å². The average molecular weight is 638 g/mol. The normalized spacial score (nSPS) is 13.1. The van der Waals surface area contributed by atoms with Gasteiger partial charge in [0.25, 0.3) is 0 Å². The lowest BCUT2D eigenvalue weighted by molar-refractivity contribution is 0.0310. The fraction of sp³-hybridized carbons (Fsp3) is 1.00. The highest BCUT2D eigenvalue weighted by molar-refractivity contribution is 4.60. The van der Waals surface area contributed by atoms with Gasteiger partial charge in [0.15, 0.2) is 0 Å². The third kappa shape index (κ3) is 40.0. The van der Waals surface area contributed by atoms with E-state index in [1.807, 2.05) is 0 Å². The molecule has 0 saturated heterocycles. The molecular weight excluding hydrogens is 550 g/mol. The number of unbranched alkanes of at least 4 members (excludes halogenated alkanes) is 34. The minimum Gasteiger partial charge on any atom is -0.379 e. The summed E-state index contributed by atoms with van der Waals surface area (Å²) in [6.07, 6.45) is 50.1. The van der Waals surface area contributed by atoms with Crippen LogP contribution in [0.15, 0.2) is 0 Å². The van der Waals surface area contributed by atoms with Crippen LogP contribution in [0.25, 0.3) is 0 Å². The Morgan fingerprint density at radius 2 is 0.422 bits per heavy atom. The maximum absolute atomic E-state index is 10.2. The number of hydrogen-bond acceptors (Lipinski definition) is 3. The number of nitrogens with one attached hydrogen (secondary N) is 1. The minimum absolute atomic E-state index is 0.558. The van der Waals surface area contributed by atoms with Gasteiger partial charge >= 0.3 is 0 Å². The van der Waals surface area contributed by atoms with E-state index in [0.29, 0.717) is 0 Å². The molecule has 0 saturated carbocycles. The Morgan fingerprint density at radius 1 is 0.267 bits per heavy atom. The Labute approximate surface area is 285 Å². The van der Waals surface area contributed by atoms with Gasteiger partial charge in [-0.15, -0.1) is 0 Å². The van der Waals surface area contributed by atoms with Crippen molar-refractivity contribution in [2.24, 2.45) is 0 Å². The lowest BCUT2D eigenvalue weighted by Crippen LogP contribution is -2.38. The number of aliphatic hydroxyl groups is 2. The summed E-state index contributed by atoms with van der Waals surface area (Å²) in [5, 5.41) is 23.5. The smallest absolute Gasteiger partial charge is 0.106 e. The van der Waals surface area contributed by atoms with Crippen LogP contribution < -0.4 is 5.32 Å². The molecule has 0 fully saturated rings. The van der Waals surface area contributed by atoms with Crippen molar-refractivity contribution in [3.63, 3.8) is 0 Å². The molecule has 45 heavy (non-hydrogen) atoms. The number of rotatable bonds is 40. The molecule has 272 valence electrons. The summed E-state index contributed by atoms with van der Waals surface area (Å²) in [6.45, 7) is 4.59. The van der Waals surface area contributed by atoms with Gasteiger partial charge in [-0.2, -0.15) is 0 Å². The van der Waals surface area contributed by atoms with E-state index < -0.39 is 12.5 Å². The third-order valence-electron chi connectivity index (χ3n) is 10.0. The zero-order valence-electron chi connectivity index (χ0n) is 31.4. The van der Waals surface area contributed by atoms with E-state index in [-0.39, 0.29) is 0 Å². The third-order valence-corrected chi connectivity index (χ3v) is 10.0. The van der Waals surface area contributed by atoms with E-state index in [2.05, 4.69) is 19.2 Å². The van der Waals surface area contributed by atoms with E-state index in [4.69, 9.17) is 0 Å². The molecule has 2 atom stereocenters. The molecule has 0 aromatic heterocycles. The SMILES string of the molecule is CCCCCCCCCCCCCCCCCCCCCCCC(O)NC(O)CCCCCCCCCCCCCCCCC. The first-order valence-electron chi connectivity index (χ1n) is 21.3. The molecule has 0 radical (unpaired) electrons. The van der Waals surface area contributed by atoms with E-state index in [0.717, 1.165) is 25.7 Å². The summed E-state index contributed by atoms with van der Waals surface area (Å²) in [6, 6.07) is 0. The minimum atomic E-state index is -0.559. The van der Waals surface area contributed by atoms with Crippen LogP contribution in [0.3, 0.4) is 0 Å². The Morgan fingerprint density at radius 3 is 0.600 bits per heavy atom. The quantitative estimate of drug-likeness (QED) is 0.0463. The molecule has 0 spiro atoms. The highest BCUT2D eigenvalue weighted by atomic mass is 16.3. The van der Waals surface area contributed by atoms with Crippen molar-refractivity contribution in [2.45, 2.75) is 270 Å². The summed E-state index contributed by atoms with van der Waals surface area (Å²) < 4.78 is 0. The second-order valence-corrected chi connectivity index (χ2v) is 14.8. The van der Waals surface area contributed by atoms with Gasteiger partial charge in [-0.1, -0.05) is 232 Å². The van der Waals surface area contributed by atoms with Crippen molar-refractivity contribution in [3.8, 4) is 0 Å². The molecule has 0 aromatic rings. The Kier molecular flexibility index (Phi) is 39.9. The maximum atomic E-state index is 10.2. The molecule has 0 rings (SSSR count). The highest BCUT2D eigenvalue weighted by Crippen LogP contribution is 2.17. The highest BCUT2D eigenvalue weighted by Gasteiger charge is 2.09. The Balaban J connectivity index is 3.24. The predicted octanol–water partition coefficient (Wildman–Crippen LogP) is 14.1. The van der Waals surface area contributed by atoms with Crippen LogP contribution >= 0.6 is 0 Å². The van der Waals surface area contributed by atoms with Gasteiger partial charge in [0, 0.05) is 0 Å². The Hall–Kier alpha value is -0.120. The van der Waals surface area contributed by atoms with Gasteiger partial charge in [-0.3, -0.25) is 5.32 Å². The van der Waals surface area contributed by atoms with Crippen molar-refractivity contribution >= 4 is 0 Å². The maximum Gasteiger partial charge on any atom is 0.106 e. The molecule has 0 aliphatic rings. The Bertz CT molecular complexity index is 513. The van der Waals surface area contributed by atoms with Crippen LogP contribution in [-0.2, 0) is 0 Å². The largest absolute Gasteiger partial charge is 0.379 e. The number of hydrogen-bond donors (Lipinski definition) is 3. The van der Waals surface area contributed by atoms with E-state index >= 15 is 0 Å². The molecule has 0 heterocycles. The van der Waals surface area contributed by atoms with Crippen LogP contribution in [0, 0.1) is 0 Å². The number of aliphatic hydroxyl groups excluding tert-OH is 2. The lowest BCUT2D eigenvalue weighted by Gasteiger charge is -2.18. The first-order chi connectivity index (χ1) is 22.2. The first kappa shape index (κ1) is 44.9. The van der Waals surface area contributed by atoms with Crippen molar-refractivity contribution in [3.05, 3.63) is 0 Å². The van der Waals surface area contributed by atoms with Gasteiger partial charge in [-0.25, -0.2) is 0 Å². The van der Waals surface area contributed by atoms with Crippen molar-refractivity contribution < 1.29 is 10.2 Å². The van der Waals surface area contributed by atoms with Crippen LogP contribution in [0.4, 0.5) is 0 Å². The molecule has 0 aromatic carbocycles. The fourth-order valence-corrected chi connectivity index (χ4v) is 6.87. The second-order valence-electron chi connectivity index (χ2n) is 14.8. The van der Waals surface area contributed by atoms with Gasteiger partial charge < -0.3 is 10.2 Å². The van der Waals surface area contributed by atoms with Gasteiger partial charge in [0.05, 0.1) is 0 Å². The zero-order chi connectivity index (χ0) is 32.7. The van der Waals surface area contributed by atoms with Gasteiger partial charge in [0.1, 0.15) is 12.5 Å². The van der Waals surface area contributed by atoms with Crippen molar-refractivity contribution in [2.75, 3.05) is 0 Å². The molecule has 0 aliphatic carbocycles. The molecule has 3 N–H and O–H groups in total. The molecule has 3 heteroatoms. The van der Waals surface area contributed by atoms with Crippen molar-refractivity contribution in [1.82, 2.24) is 5.32 Å². The summed E-state index contributed by atoms with van der Waals surface area (Å²) in [5.74, 6) is 0. The second kappa shape index (κ2) is 40.1. The monoisotopic (exact) mass is 638 g/mol. The van der Waals surface area contributed by atoms with Crippen molar-refractivity contribution in [1.29, 1.82) is 0 Å². The fourth-order valence-electron chi connectivity index (χ4n) is 6.87. The molecule has 2 unspecified atom stereocenters. The van der Waals surface area contributed by atoms with Crippen LogP contribution in [0.2, 0.25) is 0 Å². The molecule has 0 bridgehead atoms. The standard InChI is InChI=1S/C42H87NO2/c1-3-5-7-9-11-13-15-17-19-20-21-22-23-24-26-28-30-32-34-36-38-40-42(45)43-41(44)39-37-35-33-31-29-27-25-18-16-14-12-10-8-6-4-2/h41-45H,3-40H2,1-2H3. The predicted molar refractivity (Wildman–Crippen MR) is 202 cm³/mol. The van der Waals surface area contributed by atoms with Gasteiger partial charge in [0.2, 0.25) is 0 Å². The van der Waals surface area contributed by atoms with E-state index in [9.17, 15) is 10.2 Å². The van der Waals surface area contributed by atoms with E-state index in [1.165, 1.54) is 218 Å². The molecule has 0 amide bonds. The van der Waals surface area contributed by atoms with Crippen LogP contribution in [-0.4, -0.2) is 22.7 Å². The molecule has 0 aliphatic heterocycles. The first-order valence-corrected chi connectivity index (χ1v) is 21.3. The summed E-state index contributed by atoms with van der Waals surface area (Å²) in [5.41, 5.74) is 0. The zero-order valence-corrected chi connectivity index (χ0v) is 31.4. The average Bonchev–Trinajstić information content (AvgIpc) is 3.03. The van der Waals surface area contributed by atoms with Crippen LogP contribution in [0.1, 0.15) is 258 Å². The summed E-state index contributed by atoms with van der Waals surface area (Å²) in [7, 11) is 0. The topological polar surface area (TPSA) is 52.5 Å². The lowest BCUT2D eigenvalue weighted by atomic mass is 10.0. The molecule has 3 nitrogen and oxygen atoms in total. The van der Waals surface area contributed by atoms with Gasteiger partial charge in [-0.05, 0) is 25.7 Å². The summed E-state index contributed by atoms with van der Waals surface area (Å²) in [4.78, 5) is 0. The van der Waals surface area contributed by atoms with E-state index in [1.54, 1.807) is 0 Å². The molecular formula is C42H87NO2. The summed E-state index contributed by atoms with van der Waals surface area (Å²) >= 11 is 0.